The van der Waals surface area contributed by atoms with Crippen molar-refractivity contribution in [3.8, 4) is 10.6 Å². The summed E-state index contributed by atoms with van der Waals surface area (Å²) in [7, 11) is 1.59. The number of hydrogen-bond acceptors (Lipinski definition) is 7. The van der Waals surface area contributed by atoms with Crippen molar-refractivity contribution in [2.24, 2.45) is 0 Å². The summed E-state index contributed by atoms with van der Waals surface area (Å²) in [6.07, 6.45) is 7.07. The summed E-state index contributed by atoms with van der Waals surface area (Å²) in [5, 5.41) is 10.6. The molecule has 0 saturated heterocycles. The number of rotatable bonds is 5. The van der Waals surface area contributed by atoms with Gasteiger partial charge in [-0.15, -0.1) is 11.3 Å². The number of nitrogens with one attached hydrogen (secondary N) is 2. The van der Waals surface area contributed by atoms with Crippen LogP contribution < -0.4 is 10.6 Å². The summed E-state index contributed by atoms with van der Waals surface area (Å²) in [4.78, 5) is 21.1. The fourth-order valence-corrected chi connectivity index (χ4v) is 5.25. The number of carbonyl (C=O) groups excluding carboxylic acids is 1. The lowest BCUT2D eigenvalue weighted by Gasteiger charge is -2.37. The van der Waals surface area contributed by atoms with E-state index in [0.717, 1.165) is 40.1 Å². The number of fused-ring (bicyclic) bond motifs is 1. The molecule has 0 atom stereocenters. The lowest BCUT2D eigenvalue weighted by molar-refractivity contribution is 0.0475. The third-order valence-electron chi connectivity index (χ3n) is 4.63. The number of carbonyl (C=O) groups is 1. The second kappa shape index (κ2) is 8.31. The zero-order chi connectivity index (χ0) is 20.6. The summed E-state index contributed by atoms with van der Waals surface area (Å²) in [6, 6.07) is 2.48. The molecule has 0 radical (unpaired) electrons. The summed E-state index contributed by atoms with van der Waals surface area (Å²) in [5.74, 6) is 0. The van der Waals surface area contributed by atoms with Crippen LogP contribution in [-0.4, -0.2) is 37.7 Å². The van der Waals surface area contributed by atoms with Crippen LogP contribution in [-0.2, 0) is 4.74 Å². The standard InChI is InChI=1S/C19H22IN5O2S2/c1-19(2,3)27-18(26)24-12-8-11(9-12)23-15-13-4-6-25(29-20)16(13)22-10-14(15)17-21-5-7-28-17/h4-7,10-12H,8-9H2,1-3H3,(H,22,23)(H,24,26). The van der Waals surface area contributed by atoms with Gasteiger partial charge in [0, 0.05) is 71.8 Å². The first-order chi connectivity index (χ1) is 13.8. The Morgan fingerprint density at radius 1 is 1.34 bits per heavy atom. The van der Waals surface area contributed by atoms with E-state index in [4.69, 9.17) is 4.74 Å². The highest BCUT2D eigenvalue weighted by Gasteiger charge is 2.32. The number of pyridine rings is 1. The average molecular weight is 543 g/mol. The first-order valence-electron chi connectivity index (χ1n) is 9.29. The van der Waals surface area contributed by atoms with Gasteiger partial charge in [0.15, 0.2) is 5.65 Å². The SMILES string of the molecule is CC(C)(C)OC(=O)NC1CC(Nc2c(-c3nccs3)cnc3c2ccn3SI)C1. The highest BCUT2D eigenvalue weighted by molar-refractivity contribution is 14.2. The molecule has 1 fully saturated rings. The molecule has 4 rings (SSSR count). The molecule has 0 aliphatic heterocycles. The topological polar surface area (TPSA) is 81.1 Å². The summed E-state index contributed by atoms with van der Waals surface area (Å²) >= 11 is 3.85. The van der Waals surface area contributed by atoms with Gasteiger partial charge in [-0.3, -0.25) is 3.97 Å². The number of aromatic nitrogens is 3. The zero-order valence-electron chi connectivity index (χ0n) is 16.3. The highest BCUT2D eigenvalue weighted by Crippen LogP contribution is 2.38. The Kier molecular flexibility index (Phi) is 5.94. The predicted octanol–water partition coefficient (Wildman–Crippen LogP) is 5.47. The van der Waals surface area contributed by atoms with Gasteiger partial charge in [-0.2, -0.15) is 0 Å². The lowest BCUT2D eigenvalue weighted by atomic mass is 9.86. The summed E-state index contributed by atoms with van der Waals surface area (Å²) < 4.78 is 7.39. The van der Waals surface area contributed by atoms with Gasteiger partial charge in [-0.05, 0) is 39.7 Å². The molecule has 1 aliphatic rings. The molecule has 3 heterocycles. The zero-order valence-corrected chi connectivity index (χ0v) is 20.1. The third kappa shape index (κ3) is 4.64. The first-order valence-corrected chi connectivity index (χ1v) is 13.5. The highest BCUT2D eigenvalue weighted by atomic mass is 127. The molecule has 10 heteroatoms. The van der Waals surface area contributed by atoms with E-state index in [1.54, 1.807) is 20.5 Å². The van der Waals surface area contributed by atoms with Crippen molar-refractivity contribution >= 4 is 64.5 Å². The smallest absolute Gasteiger partial charge is 0.407 e. The molecule has 1 saturated carbocycles. The minimum atomic E-state index is -0.486. The average Bonchev–Trinajstić information content (AvgIpc) is 3.27. The van der Waals surface area contributed by atoms with Gasteiger partial charge in [-0.1, -0.05) is 0 Å². The maximum absolute atomic E-state index is 12.0. The maximum atomic E-state index is 12.0. The molecule has 7 nitrogen and oxygen atoms in total. The van der Waals surface area contributed by atoms with Crippen LogP contribution in [0.5, 0.6) is 0 Å². The van der Waals surface area contributed by atoms with Crippen LogP contribution in [0.2, 0.25) is 0 Å². The number of thiazole rings is 1. The second-order valence-electron chi connectivity index (χ2n) is 7.99. The Hall–Kier alpha value is -1.53. The molecule has 2 N–H and O–H groups in total. The van der Waals surface area contributed by atoms with Crippen molar-refractivity contribution in [1.82, 2.24) is 19.3 Å². The molecule has 0 bridgehead atoms. The number of nitrogens with zero attached hydrogens (tertiary/aromatic N) is 3. The fourth-order valence-electron chi connectivity index (χ4n) is 3.32. The Bertz CT molecular complexity index is 1010. The van der Waals surface area contributed by atoms with Crippen LogP contribution in [0, 0.1) is 0 Å². The van der Waals surface area contributed by atoms with Crippen molar-refractivity contribution in [3.63, 3.8) is 0 Å². The van der Waals surface area contributed by atoms with Crippen LogP contribution in [0.15, 0.2) is 30.0 Å². The molecule has 0 unspecified atom stereocenters. The van der Waals surface area contributed by atoms with E-state index in [0.29, 0.717) is 0 Å². The van der Waals surface area contributed by atoms with E-state index in [1.165, 1.54) is 0 Å². The van der Waals surface area contributed by atoms with Crippen LogP contribution in [0.1, 0.15) is 33.6 Å². The Morgan fingerprint density at radius 3 is 2.79 bits per heavy atom. The molecule has 1 amide bonds. The number of anilines is 1. The molecule has 154 valence electrons. The predicted molar refractivity (Wildman–Crippen MR) is 128 cm³/mol. The van der Waals surface area contributed by atoms with E-state index in [9.17, 15) is 4.79 Å². The van der Waals surface area contributed by atoms with Crippen molar-refractivity contribution in [1.29, 1.82) is 0 Å². The van der Waals surface area contributed by atoms with Crippen LogP contribution >= 0.6 is 41.7 Å². The third-order valence-corrected chi connectivity index (χ3v) is 7.15. The normalized spacial score (nSPS) is 19.0. The van der Waals surface area contributed by atoms with Crippen LogP contribution in [0.4, 0.5) is 10.5 Å². The Morgan fingerprint density at radius 2 is 2.14 bits per heavy atom. The summed E-state index contributed by atoms with van der Waals surface area (Å²) in [6.45, 7) is 5.60. The van der Waals surface area contributed by atoms with Crippen molar-refractivity contribution < 1.29 is 9.53 Å². The van der Waals surface area contributed by atoms with E-state index < -0.39 is 5.60 Å². The molecule has 1 aliphatic carbocycles. The quantitative estimate of drug-likeness (QED) is 0.416. The monoisotopic (exact) mass is 543 g/mol. The van der Waals surface area contributed by atoms with Gasteiger partial charge in [0.05, 0.1) is 11.3 Å². The number of hydrogen-bond donors (Lipinski definition) is 2. The summed E-state index contributed by atoms with van der Waals surface area (Å²) in [5.41, 5.74) is 2.50. The van der Waals surface area contributed by atoms with Crippen LogP contribution in [0.3, 0.4) is 0 Å². The van der Waals surface area contributed by atoms with Crippen molar-refractivity contribution in [2.45, 2.75) is 51.3 Å². The molecule has 0 spiro atoms. The van der Waals surface area contributed by atoms with Gasteiger partial charge < -0.3 is 15.4 Å². The second-order valence-corrected chi connectivity index (χ2v) is 10.6. The number of amides is 1. The van der Waals surface area contributed by atoms with E-state index in [2.05, 4.69) is 47.9 Å². The van der Waals surface area contributed by atoms with Crippen molar-refractivity contribution in [3.05, 3.63) is 30.0 Å². The molecular weight excluding hydrogens is 521 g/mol. The fraction of sp³-hybridized carbons (Fsp3) is 0.421. The van der Waals surface area contributed by atoms with Gasteiger partial charge in [-0.25, -0.2) is 14.8 Å². The van der Waals surface area contributed by atoms with E-state index in [1.807, 2.05) is 48.7 Å². The molecular formula is C19H22IN5O2S2. The Labute approximate surface area is 189 Å². The molecule has 0 aromatic carbocycles. The minimum Gasteiger partial charge on any atom is -0.444 e. The van der Waals surface area contributed by atoms with Crippen LogP contribution in [0.25, 0.3) is 21.6 Å². The lowest BCUT2D eigenvalue weighted by Crippen LogP contribution is -2.50. The molecule has 3 aromatic heterocycles. The van der Waals surface area contributed by atoms with E-state index >= 15 is 0 Å². The minimum absolute atomic E-state index is 0.123. The number of ether oxygens (including phenoxy) is 1. The maximum Gasteiger partial charge on any atom is 0.407 e. The van der Waals surface area contributed by atoms with Gasteiger partial charge in [0.2, 0.25) is 0 Å². The first kappa shape index (κ1) is 20.7. The van der Waals surface area contributed by atoms with E-state index in [-0.39, 0.29) is 18.2 Å². The number of halogens is 1. The van der Waals surface area contributed by atoms with Gasteiger partial charge in [0.25, 0.3) is 0 Å². The van der Waals surface area contributed by atoms with Crippen molar-refractivity contribution in [2.75, 3.05) is 5.32 Å². The molecule has 29 heavy (non-hydrogen) atoms. The largest absolute Gasteiger partial charge is 0.444 e. The van der Waals surface area contributed by atoms with Gasteiger partial charge in [0.1, 0.15) is 10.6 Å². The van der Waals surface area contributed by atoms with Gasteiger partial charge >= 0.3 is 6.09 Å². The Balaban J connectivity index is 1.50. The number of alkyl carbamates (subject to hydrolysis) is 1. The molecule has 3 aromatic rings.